The molecule has 120 valence electrons. The summed E-state index contributed by atoms with van der Waals surface area (Å²) < 4.78 is 5.38. The van der Waals surface area contributed by atoms with Crippen molar-refractivity contribution >= 4 is 45.5 Å². The van der Waals surface area contributed by atoms with Gasteiger partial charge in [-0.15, -0.1) is 0 Å². The molecule has 0 amide bonds. The SMILES string of the molecule is COc1ccc(Cl)cc1Nc1cc(C)nc2ccc(Cl)cc12.[Cl-]. The van der Waals surface area contributed by atoms with Crippen LogP contribution < -0.4 is 22.5 Å². The van der Waals surface area contributed by atoms with E-state index in [1.807, 2.05) is 43.3 Å². The Morgan fingerprint density at radius 3 is 2.39 bits per heavy atom. The van der Waals surface area contributed by atoms with Crippen molar-refractivity contribution in [3.63, 3.8) is 0 Å². The lowest BCUT2D eigenvalue weighted by Gasteiger charge is -2.14. The topological polar surface area (TPSA) is 34.1 Å². The number of pyridine rings is 1. The van der Waals surface area contributed by atoms with Crippen LogP contribution >= 0.6 is 23.2 Å². The molecule has 6 heteroatoms. The summed E-state index contributed by atoms with van der Waals surface area (Å²) in [7, 11) is 1.63. The van der Waals surface area contributed by atoms with Gasteiger partial charge in [0.15, 0.2) is 0 Å². The van der Waals surface area contributed by atoms with Gasteiger partial charge in [0, 0.05) is 26.8 Å². The van der Waals surface area contributed by atoms with Gasteiger partial charge < -0.3 is 22.5 Å². The number of hydrogen-bond donors (Lipinski definition) is 1. The number of fused-ring (bicyclic) bond motifs is 1. The molecule has 0 saturated carbocycles. The van der Waals surface area contributed by atoms with E-state index in [-0.39, 0.29) is 12.4 Å². The van der Waals surface area contributed by atoms with E-state index in [4.69, 9.17) is 27.9 Å². The first-order valence-corrected chi connectivity index (χ1v) is 7.50. The maximum absolute atomic E-state index is 6.12. The highest BCUT2D eigenvalue weighted by molar-refractivity contribution is 6.31. The van der Waals surface area contributed by atoms with Gasteiger partial charge in [0.05, 0.1) is 18.3 Å². The van der Waals surface area contributed by atoms with Crippen LogP contribution in [0.15, 0.2) is 42.5 Å². The second kappa shape index (κ2) is 7.26. The molecule has 1 N–H and O–H groups in total. The normalized spacial score (nSPS) is 10.3. The van der Waals surface area contributed by atoms with E-state index >= 15 is 0 Å². The Bertz CT molecular complexity index is 853. The van der Waals surface area contributed by atoms with Crippen LogP contribution in [0.25, 0.3) is 10.9 Å². The minimum atomic E-state index is 0. The molecule has 23 heavy (non-hydrogen) atoms. The predicted octanol–water partition coefficient (Wildman–Crippen LogP) is 2.61. The van der Waals surface area contributed by atoms with E-state index in [1.54, 1.807) is 13.2 Å². The highest BCUT2D eigenvalue weighted by Gasteiger charge is 2.09. The number of anilines is 2. The first-order chi connectivity index (χ1) is 10.6. The lowest BCUT2D eigenvalue weighted by atomic mass is 10.1. The van der Waals surface area contributed by atoms with Crippen molar-refractivity contribution in [3.05, 3.63) is 58.2 Å². The quantitative estimate of drug-likeness (QED) is 0.772. The minimum absolute atomic E-state index is 0. The van der Waals surface area contributed by atoms with Crippen molar-refractivity contribution in [2.75, 3.05) is 12.4 Å². The van der Waals surface area contributed by atoms with Gasteiger partial charge in [-0.2, -0.15) is 0 Å². The molecule has 1 aromatic heterocycles. The Hall–Kier alpha value is -1.68. The van der Waals surface area contributed by atoms with E-state index < -0.39 is 0 Å². The van der Waals surface area contributed by atoms with Crippen molar-refractivity contribution < 1.29 is 17.1 Å². The van der Waals surface area contributed by atoms with Crippen molar-refractivity contribution in [1.82, 2.24) is 4.98 Å². The Morgan fingerprint density at radius 1 is 0.957 bits per heavy atom. The predicted molar refractivity (Wildman–Crippen MR) is 92.8 cm³/mol. The number of methoxy groups -OCH3 is 1. The monoisotopic (exact) mass is 367 g/mol. The molecule has 0 fully saturated rings. The van der Waals surface area contributed by atoms with Crippen LogP contribution in [0.1, 0.15) is 5.69 Å². The molecule has 0 aliphatic rings. The highest BCUT2D eigenvalue weighted by Crippen LogP contribution is 2.34. The maximum atomic E-state index is 6.12. The summed E-state index contributed by atoms with van der Waals surface area (Å²) in [6, 6.07) is 13.0. The molecule has 0 atom stereocenters. The minimum Gasteiger partial charge on any atom is -1.00 e. The molecule has 0 radical (unpaired) electrons. The Labute approximate surface area is 151 Å². The van der Waals surface area contributed by atoms with Crippen LogP contribution in [-0.4, -0.2) is 12.1 Å². The molecule has 3 nitrogen and oxygen atoms in total. The second-order valence-electron chi connectivity index (χ2n) is 4.94. The number of nitrogens with one attached hydrogen (secondary N) is 1. The smallest absolute Gasteiger partial charge is 0.142 e. The highest BCUT2D eigenvalue weighted by atomic mass is 35.5. The van der Waals surface area contributed by atoms with E-state index in [0.717, 1.165) is 28.0 Å². The van der Waals surface area contributed by atoms with Crippen LogP contribution in [0.5, 0.6) is 5.75 Å². The number of ether oxygens (including phenoxy) is 1. The van der Waals surface area contributed by atoms with E-state index in [9.17, 15) is 0 Å². The molecular weight excluding hydrogens is 355 g/mol. The number of aromatic nitrogens is 1. The number of hydrogen-bond acceptors (Lipinski definition) is 3. The van der Waals surface area contributed by atoms with Crippen LogP contribution in [-0.2, 0) is 0 Å². The number of halogens is 3. The first-order valence-electron chi connectivity index (χ1n) is 6.74. The van der Waals surface area contributed by atoms with Gasteiger partial charge in [0.2, 0.25) is 0 Å². The van der Waals surface area contributed by atoms with Gasteiger partial charge in [0.25, 0.3) is 0 Å². The summed E-state index contributed by atoms with van der Waals surface area (Å²) in [6.07, 6.45) is 0. The standard InChI is InChI=1S/C17H14Cl2N2O.ClH/c1-10-7-15(13-8-11(18)3-5-14(13)20-10)21-16-9-12(19)4-6-17(16)22-2;/h3-9H,1-2H3,(H,20,21);1H/p-1. The van der Waals surface area contributed by atoms with Crippen molar-refractivity contribution in [2.45, 2.75) is 6.92 Å². The third-order valence-electron chi connectivity index (χ3n) is 3.33. The first kappa shape index (κ1) is 17.7. The number of rotatable bonds is 3. The third-order valence-corrected chi connectivity index (χ3v) is 3.80. The van der Waals surface area contributed by atoms with E-state index in [0.29, 0.717) is 15.8 Å². The largest absolute Gasteiger partial charge is 1.00 e. The zero-order valence-electron chi connectivity index (χ0n) is 12.5. The molecule has 0 saturated heterocycles. The molecule has 2 aromatic carbocycles. The summed E-state index contributed by atoms with van der Waals surface area (Å²) in [6.45, 7) is 1.95. The summed E-state index contributed by atoms with van der Waals surface area (Å²) in [5.41, 5.74) is 3.50. The lowest BCUT2D eigenvalue weighted by Crippen LogP contribution is -3.00. The fourth-order valence-corrected chi connectivity index (χ4v) is 2.70. The molecule has 1 heterocycles. The van der Waals surface area contributed by atoms with Crippen molar-refractivity contribution in [1.29, 1.82) is 0 Å². The van der Waals surface area contributed by atoms with E-state index in [2.05, 4.69) is 10.3 Å². The van der Waals surface area contributed by atoms with Gasteiger partial charge in [-0.05, 0) is 49.4 Å². The molecule has 0 unspecified atom stereocenters. The summed E-state index contributed by atoms with van der Waals surface area (Å²) in [5, 5.41) is 5.61. The summed E-state index contributed by atoms with van der Waals surface area (Å²) in [5.74, 6) is 0.717. The van der Waals surface area contributed by atoms with Crippen LogP contribution in [0.3, 0.4) is 0 Å². The number of benzene rings is 2. The average Bonchev–Trinajstić information content (AvgIpc) is 2.48. The number of nitrogens with zero attached hydrogens (tertiary/aromatic N) is 1. The molecule has 0 aliphatic carbocycles. The third kappa shape index (κ3) is 3.81. The lowest BCUT2D eigenvalue weighted by molar-refractivity contribution is -0.00000459. The van der Waals surface area contributed by atoms with Crippen molar-refractivity contribution in [3.8, 4) is 5.75 Å². The summed E-state index contributed by atoms with van der Waals surface area (Å²) in [4.78, 5) is 4.52. The van der Waals surface area contributed by atoms with E-state index in [1.165, 1.54) is 0 Å². The van der Waals surface area contributed by atoms with Crippen LogP contribution in [0.2, 0.25) is 10.0 Å². The maximum Gasteiger partial charge on any atom is 0.142 e. The van der Waals surface area contributed by atoms with Crippen molar-refractivity contribution in [2.24, 2.45) is 0 Å². The molecule has 3 aromatic rings. The molecule has 0 spiro atoms. The molecule has 0 bridgehead atoms. The molecular formula is C17H14Cl3N2O-. The molecule has 0 aliphatic heterocycles. The summed E-state index contributed by atoms with van der Waals surface area (Å²) >= 11 is 12.2. The second-order valence-corrected chi connectivity index (χ2v) is 5.82. The number of aryl methyl sites for hydroxylation is 1. The Morgan fingerprint density at radius 2 is 1.65 bits per heavy atom. The zero-order chi connectivity index (χ0) is 15.7. The van der Waals surface area contributed by atoms with Gasteiger partial charge in [-0.3, -0.25) is 4.98 Å². The molecule has 3 rings (SSSR count). The average molecular weight is 369 g/mol. The fourth-order valence-electron chi connectivity index (χ4n) is 2.36. The van der Waals surface area contributed by atoms with Gasteiger partial charge in [0.1, 0.15) is 5.75 Å². The van der Waals surface area contributed by atoms with Gasteiger partial charge >= 0.3 is 0 Å². The van der Waals surface area contributed by atoms with Gasteiger partial charge in [-0.25, -0.2) is 0 Å². The Balaban J connectivity index is 0.00000192. The van der Waals surface area contributed by atoms with Gasteiger partial charge in [-0.1, -0.05) is 23.2 Å². The Kier molecular flexibility index (Phi) is 5.58. The fraction of sp³-hybridized carbons (Fsp3) is 0.118. The van der Waals surface area contributed by atoms with Crippen LogP contribution in [0.4, 0.5) is 11.4 Å². The zero-order valence-corrected chi connectivity index (χ0v) is 14.8. The van der Waals surface area contributed by atoms with Crippen LogP contribution in [0, 0.1) is 6.92 Å².